The molecule has 0 bridgehead atoms. The van der Waals surface area contributed by atoms with Gasteiger partial charge in [-0.05, 0) is 12.8 Å². The Morgan fingerprint density at radius 2 is 0.889 bits per heavy atom. The quantitative estimate of drug-likeness (QED) is 0.218. The molecule has 2 aliphatic rings. The van der Waals surface area contributed by atoms with Gasteiger partial charge in [0.15, 0.2) is 0 Å². The fraction of sp³-hybridized carbons (Fsp3) is 0.0769. The predicted octanol–water partition coefficient (Wildman–Crippen LogP) is 6.11. The minimum atomic E-state index is 0. The normalized spacial score (nSPS) is 11.9. The van der Waals surface area contributed by atoms with Crippen LogP contribution in [0.1, 0.15) is 22.3 Å². The molecule has 0 saturated carbocycles. The zero-order valence-electron chi connectivity index (χ0n) is 14.9. The summed E-state index contributed by atoms with van der Waals surface area (Å²) in [4.78, 5) is 0. The Morgan fingerprint density at radius 3 is 1.37 bits per heavy atom. The second-order valence-corrected chi connectivity index (χ2v) is 6.79. The van der Waals surface area contributed by atoms with Crippen molar-refractivity contribution >= 4 is 0 Å². The van der Waals surface area contributed by atoms with Crippen molar-refractivity contribution in [3.05, 3.63) is 119 Å². The molecule has 1 heteroatoms. The largest absolute Gasteiger partial charge is 2.00 e. The van der Waals surface area contributed by atoms with E-state index in [0.717, 1.165) is 12.8 Å². The molecular formula is C26H18Mn. The first-order chi connectivity index (χ1) is 12.9. The minimum Gasteiger partial charge on any atom is -0.179 e. The van der Waals surface area contributed by atoms with Gasteiger partial charge in [-0.25, -0.2) is 0 Å². The molecule has 4 aromatic rings. The van der Waals surface area contributed by atoms with Gasteiger partial charge in [-0.3, -0.25) is 0 Å². The third-order valence-electron chi connectivity index (χ3n) is 5.23. The fourth-order valence-electron chi connectivity index (χ4n) is 4.00. The molecule has 0 amide bonds. The third kappa shape index (κ3) is 3.25. The first-order valence-corrected chi connectivity index (χ1v) is 9.06. The summed E-state index contributed by atoms with van der Waals surface area (Å²) in [5.74, 6) is 0. The van der Waals surface area contributed by atoms with Gasteiger partial charge in [0, 0.05) is 0 Å². The molecule has 6 rings (SSSR count). The van der Waals surface area contributed by atoms with Gasteiger partial charge in [0.05, 0.1) is 0 Å². The van der Waals surface area contributed by atoms with E-state index in [4.69, 9.17) is 0 Å². The first kappa shape index (κ1) is 17.8. The Balaban J connectivity index is 0.000000129. The number of rotatable bonds is 0. The van der Waals surface area contributed by atoms with Gasteiger partial charge in [0.2, 0.25) is 0 Å². The molecule has 0 heterocycles. The Labute approximate surface area is 171 Å². The van der Waals surface area contributed by atoms with Crippen LogP contribution in [0.2, 0.25) is 0 Å². The van der Waals surface area contributed by atoms with Crippen LogP contribution in [0.25, 0.3) is 22.3 Å². The van der Waals surface area contributed by atoms with Crippen molar-refractivity contribution in [2.24, 2.45) is 0 Å². The molecule has 0 N–H and O–H groups in total. The van der Waals surface area contributed by atoms with Crippen LogP contribution in [0.4, 0.5) is 0 Å². The summed E-state index contributed by atoms with van der Waals surface area (Å²) in [6, 6.07) is 36.2. The maximum absolute atomic E-state index is 3.30. The van der Waals surface area contributed by atoms with E-state index in [0.29, 0.717) is 0 Å². The summed E-state index contributed by atoms with van der Waals surface area (Å²) in [5, 5.41) is 0. The van der Waals surface area contributed by atoms with E-state index in [1.165, 1.54) is 44.5 Å². The Morgan fingerprint density at radius 1 is 0.481 bits per heavy atom. The van der Waals surface area contributed by atoms with Gasteiger partial charge in [-0.1, -0.05) is 70.8 Å². The van der Waals surface area contributed by atoms with Gasteiger partial charge in [-0.15, -0.1) is 11.1 Å². The number of hydrogen-bond donors (Lipinski definition) is 0. The summed E-state index contributed by atoms with van der Waals surface area (Å²) < 4.78 is 0. The van der Waals surface area contributed by atoms with Gasteiger partial charge < -0.3 is 0 Å². The Kier molecular flexibility index (Phi) is 4.98. The maximum atomic E-state index is 3.30. The topological polar surface area (TPSA) is 0 Å². The molecule has 0 spiro atoms. The molecule has 0 atom stereocenters. The van der Waals surface area contributed by atoms with E-state index in [9.17, 15) is 0 Å². The third-order valence-corrected chi connectivity index (χ3v) is 5.23. The number of benzene rings is 4. The first-order valence-electron chi connectivity index (χ1n) is 9.06. The fourth-order valence-corrected chi connectivity index (χ4v) is 4.00. The van der Waals surface area contributed by atoms with E-state index in [-0.39, 0.29) is 17.1 Å². The second-order valence-electron chi connectivity index (χ2n) is 6.79. The molecule has 0 unspecified atom stereocenters. The Hall–Kier alpha value is -2.60. The molecule has 0 fully saturated rings. The number of hydrogen-bond acceptors (Lipinski definition) is 0. The Bertz CT molecular complexity index is 918. The van der Waals surface area contributed by atoms with Gasteiger partial charge >= 0.3 is 17.1 Å². The van der Waals surface area contributed by atoms with Gasteiger partial charge in [0.1, 0.15) is 0 Å². The van der Waals surface area contributed by atoms with Gasteiger partial charge in [-0.2, -0.15) is 59.7 Å². The molecule has 2 aliphatic carbocycles. The van der Waals surface area contributed by atoms with Crippen molar-refractivity contribution in [3.8, 4) is 22.3 Å². The molecule has 0 nitrogen and oxygen atoms in total. The molecule has 27 heavy (non-hydrogen) atoms. The van der Waals surface area contributed by atoms with Crippen LogP contribution in [0.15, 0.2) is 84.9 Å². The van der Waals surface area contributed by atoms with E-state index >= 15 is 0 Å². The molecule has 1 radical (unpaired) electrons. The van der Waals surface area contributed by atoms with Crippen LogP contribution in [0.3, 0.4) is 0 Å². The second kappa shape index (κ2) is 7.56. The van der Waals surface area contributed by atoms with Gasteiger partial charge in [0.25, 0.3) is 0 Å². The zero-order valence-corrected chi connectivity index (χ0v) is 16.1. The molecule has 0 aromatic heterocycles. The monoisotopic (exact) mass is 385 g/mol. The number of fused-ring (bicyclic) bond motifs is 6. The predicted molar refractivity (Wildman–Crippen MR) is 107 cm³/mol. The standard InChI is InChI=1S/2C13H9.Mn/c2*1-3-7-12-10(5-1)9-11-6-2-4-8-13(11)12;/h2*1-5,7-8H,9H2;/q2*-1;+2. The van der Waals surface area contributed by atoms with E-state index in [1.807, 2.05) is 12.1 Å². The molecular weight excluding hydrogens is 367 g/mol. The van der Waals surface area contributed by atoms with Crippen molar-refractivity contribution in [1.82, 2.24) is 0 Å². The van der Waals surface area contributed by atoms with Crippen LogP contribution < -0.4 is 0 Å². The molecule has 0 aliphatic heterocycles. The molecule has 0 saturated heterocycles. The zero-order chi connectivity index (χ0) is 17.3. The van der Waals surface area contributed by atoms with E-state index in [1.54, 1.807) is 0 Å². The minimum absolute atomic E-state index is 0. The van der Waals surface area contributed by atoms with Crippen LogP contribution in [0, 0.1) is 12.1 Å². The van der Waals surface area contributed by atoms with Crippen molar-refractivity contribution in [3.63, 3.8) is 0 Å². The van der Waals surface area contributed by atoms with E-state index in [2.05, 4.69) is 84.9 Å². The van der Waals surface area contributed by atoms with Crippen molar-refractivity contribution < 1.29 is 17.1 Å². The SMILES string of the molecule is [Mn+2].[c-]1cccc2c1Cc1ccccc1-2.[c-]1cccc2c1Cc1ccccc1-2. The van der Waals surface area contributed by atoms with Crippen LogP contribution >= 0.6 is 0 Å². The van der Waals surface area contributed by atoms with Crippen molar-refractivity contribution in [2.45, 2.75) is 12.8 Å². The summed E-state index contributed by atoms with van der Waals surface area (Å²) in [5.41, 5.74) is 11.0. The summed E-state index contributed by atoms with van der Waals surface area (Å²) >= 11 is 0. The molecule has 4 aromatic carbocycles. The average molecular weight is 385 g/mol. The van der Waals surface area contributed by atoms with E-state index < -0.39 is 0 Å². The summed E-state index contributed by atoms with van der Waals surface area (Å²) in [6.45, 7) is 0. The smallest absolute Gasteiger partial charge is 0.179 e. The van der Waals surface area contributed by atoms with Crippen LogP contribution in [-0.2, 0) is 29.9 Å². The maximum Gasteiger partial charge on any atom is 2.00 e. The van der Waals surface area contributed by atoms with Crippen LogP contribution in [-0.4, -0.2) is 0 Å². The van der Waals surface area contributed by atoms with Crippen LogP contribution in [0.5, 0.6) is 0 Å². The summed E-state index contributed by atoms with van der Waals surface area (Å²) in [6.07, 6.45) is 2.10. The average Bonchev–Trinajstić information content (AvgIpc) is 3.27. The molecule has 129 valence electrons. The van der Waals surface area contributed by atoms with Crippen molar-refractivity contribution in [1.29, 1.82) is 0 Å². The van der Waals surface area contributed by atoms with Crippen molar-refractivity contribution in [2.75, 3.05) is 0 Å². The summed E-state index contributed by atoms with van der Waals surface area (Å²) in [7, 11) is 0.